The third kappa shape index (κ3) is 1.98. The van der Waals surface area contributed by atoms with Crippen LogP contribution in [0.2, 0.25) is 5.02 Å². The Balaban J connectivity index is 2.40. The number of benzene rings is 1. The highest BCUT2D eigenvalue weighted by Gasteiger charge is 2.31. The molecule has 1 saturated heterocycles. The minimum atomic E-state index is -1.15. The highest BCUT2D eigenvalue weighted by molar-refractivity contribution is 6.34. The van der Waals surface area contributed by atoms with Gasteiger partial charge in [0.2, 0.25) is 5.91 Å². The summed E-state index contributed by atoms with van der Waals surface area (Å²) in [6.45, 7) is 0.278. The minimum Gasteiger partial charge on any atom is -0.310 e. The van der Waals surface area contributed by atoms with E-state index in [1.54, 1.807) is 0 Å². The molecular formula is C12H8ClF2NO. The van der Waals surface area contributed by atoms with Crippen LogP contribution in [-0.2, 0) is 4.79 Å². The summed E-state index contributed by atoms with van der Waals surface area (Å²) in [5, 5.41) is -0.393. The third-order valence-electron chi connectivity index (χ3n) is 2.67. The number of nitrogens with zero attached hydrogens (tertiary/aromatic N) is 1. The van der Waals surface area contributed by atoms with E-state index in [1.807, 2.05) is 0 Å². The Kier molecular flexibility index (Phi) is 3.03. The molecule has 88 valence electrons. The van der Waals surface area contributed by atoms with Crippen molar-refractivity contribution in [2.75, 3.05) is 11.4 Å². The van der Waals surface area contributed by atoms with E-state index in [2.05, 4.69) is 5.92 Å². The van der Waals surface area contributed by atoms with Crippen molar-refractivity contribution in [3.63, 3.8) is 0 Å². The van der Waals surface area contributed by atoms with Crippen LogP contribution in [0.4, 0.5) is 14.5 Å². The first-order chi connectivity index (χ1) is 8.04. The molecule has 2 nitrogen and oxygen atoms in total. The van der Waals surface area contributed by atoms with Crippen molar-refractivity contribution in [3.8, 4) is 12.3 Å². The first kappa shape index (κ1) is 11.9. The van der Waals surface area contributed by atoms with Gasteiger partial charge in [0, 0.05) is 18.9 Å². The van der Waals surface area contributed by atoms with Crippen LogP contribution in [0.15, 0.2) is 12.1 Å². The number of hydrogen-bond acceptors (Lipinski definition) is 1. The van der Waals surface area contributed by atoms with Crippen LogP contribution >= 0.6 is 11.6 Å². The van der Waals surface area contributed by atoms with E-state index in [0.717, 1.165) is 6.07 Å². The molecule has 1 aliphatic heterocycles. The maximum absolute atomic E-state index is 13.3. The number of amides is 1. The fraction of sp³-hybridized carbons (Fsp3) is 0.250. The van der Waals surface area contributed by atoms with Crippen LogP contribution in [0.1, 0.15) is 6.42 Å². The quantitative estimate of drug-likeness (QED) is 0.558. The topological polar surface area (TPSA) is 20.3 Å². The smallest absolute Gasteiger partial charge is 0.228 e. The number of rotatable bonds is 1. The molecule has 0 N–H and O–H groups in total. The molecule has 0 bridgehead atoms. The molecule has 1 amide bonds. The number of carbonyl (C=O) groups is 1. The van der Waals surface area contributed by atoms with E-state index in [9.17, 15) is 13.6 Å². The van der Waals surface area contributed by atoms with Gasteiger partial charge in [0.1, 0.15) is 5.02 Å². The van der Waals surface area contributed by atoms with E-state index in [4.69, 9.17) is 18.0 Å². The van der Waals surface area contributed by atoms with Gasteiger partial charge in [-0.1, -0.05) is 11.6 Å². The Morgan fingerprint density at radius 3 is 2.76 bits per heavy atom. The second-order valence-corrected chi connectivity index (χ2v) is 4.14. The largest absolute Gasteiger partial charge is 0.310 e. The fourth-order valence-electron chi connectivity index (χ4n) is 1.78. The van der Waals surface area contributed by atoms with Crippen LogP contribution in [0, 0.1) is 29.9 Å². The number of terminal acetylenes is 1. The van der Waals surface area contributed by atoms with Gasteiger partial charge in [0.25, 0.3) is 0 Å². The summed E-state index contributed by atoms with van der Waals surface area (Å²) in [5.41, 5.74) is 0.160. The number of carbonyl (C=O) groups excluding carboxylic acids is 1. The molecule has 1 atom stereocenters. The van der Waals surface area contributed by atoms with Crippen molar-refractivity contribution < 1.29 is 13.6 Å². The van der Waals surface area contributed by atoms with E-state index in [0.29, 0.717) is 0 Å². The van der Waals surface area contributed by atoms with Crippen LogP contribution in [0.3, 0.4) is 0 Å². The molecule has 17 heavy (non-hydrogen) atoms. The molecule has 1 aliphatic rings. The Morgan fingerprint density at radius 2 is 2.18 bits per heavy atom. The molecule has 1 aromatic rings. The van der Waals surface area contributed by atoms with Crippen molar-refractivity contribution in [1.29, 1.82) is 0 Å². The second kappa shape index (κ2) is 4.34. The predicted molar refractivity (Wildman–Crippen MR) is 60.7 cm³/mol. The molecule has 1 heterocycles. The Morgan fingerprint density at radius 1 is 1.47 bits per heavy atom. The number of anilines is 1. The van der Waals surface area contributed by atoms with Gasteiger partial charge in [-0.15, -0.1) is 12.3 Å². The zero-order valence-corrected chi connectivity index (χ0v) is 9.47. The lowest BCUT2D eigenvalue weighted by Gasteiger charge is -2.17. The first-order valence-electron chi connectivity index (χ1n) is 4.94. The van der Waals surface area contributed by atoms with Gasteiger partial charge in [-0.3, -0.25) is 4.79 Å². The molecule has 0 spiro atoms. The molecule has 1 unspecified atom stereocenters. The molecule has 0 aliphatic carbocycles. The molecule has 0 saturated carbocycles. The molecule has 2 rings (SSSR count). The SMILES string of the molecule is C#CC1CC(=O)N(c2ccc(F)c(F)c2Cl)C1. The van der Waals surface area contributed by atoms with E-state index in [-0.39, 0.29) is 30.5 Å². The number of hydrogen-bond donors (Lipinski definition) is 0. The molecule has 1 aromatic carbocycles. The van der Waals surface area contributed by atoms with Crippen LogP contribution < -0.4 is 4.90 Å². The Labute approximate surface area is 102 Å². The lowest BCUT2D eigenvalue weighted by atomic mass is 10.1. The molecule has 5 heteroatoms. The van der Waals surface area contributed by atoms with Gasteiger partial charge >= 0.3 is 0 Å². The molecular weight excluding hydrogens is 248 g/mol. The zero-order chi connectivity index (χ0) is 12.6. The summed E-state index contributed by atoms with van der Waals surface area (Å²) in [5.74, 6) is -0.180. The fourth-order valence-corrected chi connectivity index (χ4v) is 2.03. The minimum absolute atomic E-state index is 0.160. The summed E-state index contributed by atoms with van der Waals surface area (Å²) in [6.07, 6.45) is 5.43. The van der Waals surface area contributed by atoms with Gasteiger partial charge in [-0.25, -0.2) is 8.78 Å². The average Bonchev–Trinajstić information content (AvgIpc) is 2.68. The monoisotopic (exact) mass is 255 g/mol. The van der Waals surface area contributed by atoms with Crippen LogP contribution in [-0.4, -0.2) is 12.5 Å². The lowest BCUT2D eigenvalue weighted by Crippen LogP contribution is -2.25. The number of halogens is 3. The normalized spacial score (nSPS) is 19.5. The van der Waals surface area contributed by atoms with E-state index in [1.165, 1.54) is 11.0 Å². The van der Waals surface area contributed by atoms with Crippen LogP contribution in [0.25, 0.3) is 0 Å². The third-order valence-corrected chi connectivity index (χ3v) is 3.03. The Hall–Kier alpha value is -1.60. The van der Waals surface area contributed by atoms with Gasteiger partial charge in [0.05, 0.1) is 5.69 Å². The summed E-state index contributed by atoms with van der Waals surface area (Å²) in [4.78, 5) is 12.9. The summed E-state index contributed by atoms with van der Waals surface area (Å²) in [6, 6.07) is 2.21. The summed E-state index contributed by atoms with van der Waals surface area (Å²) in [7, 11) is 0. The van der Waals surface area contributed by atoms with Crippen LogP contribution in [0.5, 0.6) is 0 Å². The van der Waals surface area contributed by atoms with Gasteiger partial charge in [-0.05, 0) is 12.1 Å². The maximum atomic E-state index is 13.3. The van der Waals surface area contributed by atoms with Crippen molar-refractivity contribution in [2.24, 2.45) is 5.92 Å². The van der Waals surface area contributed by atoms with E-state index >= 15 is 0 Å². The molecule has 1 fully saturated rings. The van der Waals surface area contributed by atoms with Crippen molar-refractivity contribution >= 4 is 23.2 Å². The van der Waals surface area contributed by atoms with Gasteiger partial charge < -0.3 is 4.90 Å². The molecule has 0 aromatic heterocycles. The maximum Gasteiger partial charge on any atom is 0.228 e. The van der Waals surface area contributed by atoms with Gasteiger partial charge in [0.15, 0.2) is 11.6 Å². The highest BCUT2D eigenvalue weighted by atomic mass is 35.5. The summed E-state index contributed by atoms with van der Waals surface area (Å²) < 4.78 is 26.2. The Bertz CT molecular complexity index is 524. The molecule has 0 radical (unpaired) electrons. The average molecular weight is 256 g/mol. The standard InChI is InChI=1S/C12H8ClF2NO/c1-2-7-5-10(17)16(6-7)9-4-3-8(14)12(15)11(9)13/h1,3-4,7H,5-6H2. The highest BCUT2D eigenvalue weighted by Crippen LogP contribution is 2.33. The predicted octanol–water partition coefficient (Wildman–Crippen LogP) is 2.60. The first-order valence-corrected chi connectivity index (χ1v) is 5.32. The van der Waals surface area contributed by atoms with Gasteiger partial charge in [-0.2, -0.15) is 0 Å². The second-order valence-electron chi connectivity index (χ2n) is 3.77. The zero-order valence-electron chi connectivity index (χ0n) is 8.71. The lowest BCUT2D eigenvalue weighted by molar-refractivity contribution is -0.117. The van der Waals surface area contributed by atoms with E-state index < -0.39 is 16.7 Å². The van der Waals surface area contributed by atoms with Crippen molar-refractivity contribution in [3.05, 3.63) is 28.8 Å². The van der Waals surface area contributed by atoms with Crippen molar-refractivity contribution in [1.82, 2.24) is 0 Å². The summed E-state index contributed by atoms with van der Waals surface area (Å²) >= 11 is 5.67. The van der Waals surface area contributed by atoms with Crippen molar-refractivity contribution in [2.45, 2.75) is 6.42 Å².